The summed E-state index contributed by atoms with van der Waals surface area (Å²) in [5.74, 6) is -0.468. The molecule has 0 aromatic heterocycles. The van der Waals surface area contributed by atoms with E-state index in [1.165, 1.54) is 9.80 Å². The third-order valence-electron chi connectivity index (χ3n) is 3.26. The second-order valence-electron chi connectivity index (χ2n) is 4.74. The van der Waals surface area contributed by atoms with Crippen molar-refractivity contribution in [3.05, 3.63) is 35.4 Å². The van der Waals surface area contributed by atoms with Crippen LogP contribution in [0.5, 0.6) is 0 Å². The van der Waals surface area contributed by atoms with Crippen molar-refractivity contribution in [2.24, 2.45) is 0 Å². The van der Waals surface area contributed by atoms with Crippen LogP contribution in [0.4, 0.5) is 0 Å². The normalized spacial score (nSPS) is 15.9. The minimum Gasteiger partial charge on any atom is -0.335 e. The number of hydrogen-bond donors (Lipinski definition) is 0. The molecule has 100 valence electrons. The second kappa shape index (κ2) is 5.22. The van der Waals surface area contributed by atoms with Gasteiger partial charge in [-0.2, -0.15) is 0 Å². The summed E-state index contributed by atoms with van der Waals surface area (Å²) < 4.78 is 0. The summed E-state index contributed by atoms with van der Waals surface area (Å²) in [6, 6.07) is 7.23. The number of ketones is 1. The van der Waals surface area contributed by atoms with E-state index in [2.05, 4.69) is 0 Å². The average molecular weight is 260 g/mol. The zero-order chi connectivity index (χ0) is 14.0. The summed E-state index contributed by atoms with van der Waals surface area (Å²) in [7, 11) is 1.58. The molecule has 0 atom stereocenters. The molecule has 1 aromatic rings. The molecule has 1 aromatic carbocycles. The molecule has 2 amide bonds. The van der Waals surface area contributed by atoms with E-state index >= 15 is 0 Å². The van der Waals surface area contributed by atoms with Gasteiger partial charge in [0.1, 0.15) is 6.54 Å². The van der Waals surface area contributed by atoms with Gasteiger partial charge in [-0.15, -0.1) is 0 Å². The number of rotatable bonds is 3. The summed E-state index contributed by atoms with van der Waals surface area (Å²) in [5, 5.41) is 0. The number of likely N-dealkylation sites (N-methyl/N-ethyl adjacent to an activating group) is 1. The van der Waals surface area contributed by atoms with Crippen LogP contribution in [-0.4, -0.2) is 54.1 Å². The van der Waals surface area contributed by atoms with Crippen molar-refractivity contribution in [3.8, 4) is 0 Å². The lowest BCUT2D eigenvalue weighted by Gasteiger charge is -2.31. The molecular formula is C14H16N2O3. The van der Waals surface area contributed by atoms with Crippen molar-refractivity contribution < 1.29 is 14.4 Å². The molecule has 0 spiro atoms. The lowest BCUT2D eigenvalue weighted by Crippen LogP contribution is -2.53. The van der Waals surface area contributed by atoms with Crippen LogP contribution >= 0.6 is 0 Å². The Morgan fingerprint density at radius 3 is 2.53 bits per heavy atom. The molecule has 0 saturated carbocycles. The Morgan fingerprint density at radius 2 is 1.84 bits per heavy atom. The zero-order valence-electron chi connectivity index (χ0n) is 11.0. The summed E-state index contributed by atoms with van der Waals surface area (Å²) >= 11 is 0. The number of aryl methyl sites for hydroxylation is 1. The first kappa shape index (κ1) is 13.3. The summed E-state index contributed by atoms with van der Waals surface area (Å²) in [6.07, 6.45) is 0. The van der Waals surface area contributed by atoms with Gasteiger partial charge in [0.15, 0.2) is 5.78 Å². The molecule has 0 unspecified atom stereocenters. The molecule has 19 heavy (non-hydrogen) atoms. The fourth-order valence-electron chi connectivity index (χ4n) is 2.05. The first-order valence-corrected chi connectivity index (χ1v) is 6.09. The molecule has 1 saturated heterocycles. The van der Waals surface area contributed by atoms with Crippen LogP contribution in [0.1, 0.15) is 15.9 Å². The maximum Gasteiger partial charge on any atom is 0.243 e. The van der Waals surface area contributed by atoms with Gasteiger partial charge < -0.3 is 9.80 Å². The van der Waals surface area contributed by atoms with Gasteiger partial charge in [0, 0.05) is 12.6 Å². The van der Waals surface area contributed by atoms with Crippen molar-refractivity contribution in [1.29, 1.82) is 0 Å². The van der Waals surface area contributed by atoms with E-state index < -0.39 is 0 Å². The molecule has 1 aliphatic heterocycles. The van der Waals surface area contributed by atoms with Crippen LogP contribution in [0.2, 0.25) is 0 Å². The fraction of sp³-hybridized carbons (Fsp3) is 0.357. The van der Waals surface area contributed by atoms with Gasteiger partial charge in [-0.3, -0.25) is 14.4 Å². The van der Waals surface area contributed by atoms with Crippen LogP contribution in [0, 0.1) is 6.92 Å². The highest BCUT2D eigenvalue weighted by Gasteiger charge is 2.29. The monoisotopic (exact) mass is 260 g/mol. The Hall–Kier alpha value is -2.17. The Morgan fingerprint density at radius 1 is 1.16 bits per heavy atom. The fourth-order valence-corrected chi connectivity index (χ4v) is 2.05. The van der Waals surface area contributed by atoms with Crippen molar-refractivity contribution in [1.82, 2.24) is 9.80 Å². The Labute approximate surface area is 111 Å². The van der Waals surface area contributed by atoms with Gasteiger partial charge in [0.25, 0.3) is 0 Å². The predicted molar refractivity (Wildman–Crippen MR) is 69.7 cm³/mol. The van der Waals surface area contributed by atoms with Gasteiger partial charge in [-0.1, -0.05) is 24.3 Å². The molecule has 1 heterocycles. The molecule has 2 rings (SSSR count). The lowest BCUT2D eigenvalue weighted by molar-refractivity contribution is -0.148. The molecule has 5 nitrogen and oxygen atoms in total. The number of carbonyl (C=O) groups excluding carboxylic acids is 3. The minimum absolute atomic E-state index is 0.0209. The standard InChI is InChI=1S/C14H16N2O3/c1-10-5-3-4-6-11(10)12(17)7-16-9-13(18)15(2)8-14(16)19/h3-6H,7-9H2,1-2H3. The van der Waals surface area contributed by atoms with Crippen LogP contribution < -0.4 is 0 Å². The maximum absolute atomic E-state index is 12.1. The highest BCUT2D eigenvalue weighted by Crippen LogP contribution is 2.10. The van der Waals surface area contributed by atoms with E-state index in [9.17, 15) is 14.4 Å². The lowest BCUT2D eigenvalue weighted by atomic mass is 10.0. The Balaban J connectivity index is 2.09. The molecule has 0 N–H and O–H groups in total. The Bertz CT molecular complexity index is 539. The van der Waals surface area contributed by atoms with E-state index in [1.807, 2.05) is 19.1 Å². The molecular weight excluding hydrogens is 244 g/mol. The van der Waals surface area contributed by atoms with Gasteiger partial charge in [0.2, 0.25) is 11.8 Å². The summed E-state index contributed by atoms with van der Waals surface area (Å²) in [4.78, 5) is 38.2. The molecule has 1 fully saturated rings. The molecule has 0 bridgehead atoms. The van der Waals surface area contributed by atoms with E-state index in [1.54, 1.807) is 19.2 Å². The first-order valence-electron chi connectivity index (χ1n) is 6.09. The SMILES string of the molecule is Cc1ccccc1C(=O)CN1CC(=O)N(C)CC1=O. The summed E-state index contributed by atoms with van der Waals surface area (Å²) in [5.41, 5.74) is 1.47. The summed E-state index contributed by atoms with van der Waals surface area (Å²) in [6.45, 7) is 1.83. The molecule has 0 radical (unpaired) electrons. The maximum atomic E-state index is 12.1. The van der Waals surface area contributed by atoms with Crippen LogP contribution in [-0.2, 0) is 9.59 Å². The number of Topliss-reactive ketones (excluding diaryl/α,β-unsaturated/α-hetero) is 1. The second-order valence-corrected chi connectivity index (χ2v) is 4.74. The average Bonchev–Trinajstić information content (AvgIpc) is 2.36. The smallest absolute Gasteiger partial charge is 0.243 e. The van der Waals surface area contributed by atoms with E-state index in [0.29, 0.717) is 5.56 Å². The molecule has 1 aliphatic rings. The van der Waals surface area contributed by atoms with Crippen molar-refractivity contribution in [3.63, 3.8) is 0 Å². The number of benzene rings is 1. The quantitative estimate of drug-likeness (QED) is 0.743. The first-order chi connectivity index (χ1) is 8.99. The van der Waals surface area contributed by atoms with Gasteiger partial charge in [0.05, 0.1) is 13.1 Å². The van der Waals surface area contributed by atoms with Crippen LogP contribution in [0.25, 0.3) is 0 Å². The van der Waals surface area contributed by atoms with E-state index in [-0.39, 0.29) is 37.2 Å². The van der Waals surface area contributed by atoms with E-state index in [0.717, 1.165) is 5.56 Å². The van der Waals surface area contributed by atoms with E-state index in [4.69, 9.17) is 0 Å². The third-order valence-corrected chi connectivity index (χ3v) is 3.26. The zero-order valence-corrected chi connectivity index (χ0v) is 11.0. The topological polar surface area (TPSA) is 57.7 Å². The Kier molecular flexibility index (Phi) is 3.64. The van der Waals surface area contributed by atoms with Gasteiger partial charge in [-0.25, -0.2) is 0 Å². The van der Waals surface area contributed by atoms with Crippen LogP contribution in [0.15, 0.2) is 24.3 Å². The largest absolute Gasteiger partial charge is 0.335 e. The van der Waals surface area contributed by atoms with Gasteiger partial charge >= 0.3 is 0 Å². The minimum atomic E-state index is -0.191. The van der Waals surface area contributed by atoms with Crippen molar-refractivity contribution in [2.45, 2.75) is 6.92 Å². The highest BCUT2D eigenvalue weighted by molar-refractivity contribution is 6.02. The number of carbonyl (C=O) groups is 3. The highest BCUT2D eigenvalue weighted by atomic mass is 16.2. The van der Waals surface area contributed by atoms with Crippen molar-refractivity contribution >= 4 is 17.6 Å². The number of piperazine rings is 1. The molecule has 0 aliphatic carbocycles. The molecule has 5 heteroatoms. The third kappa shape index (κ3) is 2.81. The van der Waals surface area contributed by atoms with Crippen LogP contribution in [0.3, 0.4) is 0 Å². The number of hydrogen-bond acceptors (Lipinski definition) is 3. The number of nitrogens with zero attached hydrogens (tertiary/aromatic N) is 2. The van der Waals surface area contributed by atoms with Crippen molar-refractivity contribution in [2.75, 3.05) is 26.7 Å². The van der Waals surface area contributed by atoms with Gasteiger partial charge in [-0.05, 0) is 12.5 Å². The number of amides is 2. The predicted octanol–water partition coefficient (Wildman–Crippen LogP) is 0.478.